The lowest BCUT2D eigenvalue weighted by atomic mass is 10.1. The number of nitrogens with zero attached hydrogens (tertiary/aromatic N) is 2. The van der Waals surface area contributed by atoms with Crippen LogP contribution in [0.1, 0.15) is 10.4 Å². The van der Waals surface area contributed by atoms with Crippen molar-refractivity contribution in [1.29, 1.82) is 0 Å². The average molecular weight is 346 g/mol. The molecule has 0 aliphatic rings. The van der Waals surface area contributed by atoms with Crippen molar-refractivity contribution in [2.75, 3.05) is 5.33 Å². The first-order valence-electron chi connectivity index (χ1n) is 4.49. The normalized spacial score (nSPS) is 9.56. The zero-order chi connectivity index (χ0) is 10.7. The van der Waals surface area contributed by atoms with Crippen molar-refractivity contribution in [2.45, 2.75) is 0 Å². The summed E-state index contributed by atoms with van der Waals surface area (Å²) in [6, 6.07) is 7.44. The molecule has 0 atom stereocenters. The van der Waals surface area contributed by atoms with Gasteiger partial charge < -0.3 is 4.57 Å². The van der Waals surface area contributed by atoms with Crippen molar-refractivity contribution < 1.29 is 4.79 Å². The van der Waals surface area contributed by atoms with Gasteiger partial charge in [-0.05, 0) is 24.3 Å². The van der Waals surface area contributed by atoms with Gasteiger partial charge in [0.25, 0.3) is 0 Å². The molecule has 0 aliphatic heterocycles. The van der Waals surface area contributed by atoms with E-state index in [2.05, 4.69) is 20.9 Å². The van der Waals surface area contributed by atoms with Crippen LogP contribution in [0.2, 0.25) is 0 Å². The van der Waals surface area contributed by atoms with E-state index in [0.29, 0.717) is 5.33 Å². The van der Waals surface area contributed by atoms with E-state index >= 15 is 0 Å². The Morgan fingerprint density at radius 1 is 1.31 bits per heavy atom. The second-order valence-electron chi connectivity index (χ2n) is 3.07. The van der Waals surface area contributed by atoms with E-state index in [1.54, 1.807) is 12.5 Å². The summed E-state index contributed by atoms with van der Waals surface area (Å²) in [7, 11) is 0. The van der Waals surface area contributed by atoms with Crippen LogP contribution in [0.3, 0.4) is 0 Å². The Balaban J connectivity index is 0.00000128. The molecule has 0 unspecified atom stereocenters. The third-order valence-electron chi connectivity index (χ3n) is 2.11. The molecule has 0 spiro atoms. The van der Waals surface area contributed by atoms with Crippen LogP contribution in [0.15, 0.2) is 43.0 Å². The van der Waals surface area contributed by atoms with Crippen LogP contribution in [0.25, 0.3) is 5.69 Å². The standard InChI is InChI=1S/C11H9BrN2O.BrH/c12-7-11(15)9-1-3-10(4-2-9)14-6-5-13-8-14;/h1-6,8H,7H2;1H. The van der Waals surface area contributed by atoms with Gasteiger partial charge in [0.1, 0.15) is 0 Å². The van der Waals surface area contributed by atoms with Crippen molar-refractivity contribution in [2.24, 2.45) is 0 Å². The van der Waals surface area contributed by atoms with Gasteiger partial charge in [0, 0.05) is 23.6 Å². The molecule has 0 bridgehead atoms. The van der Waals surface area contributed by atoms with Gasteiger partial charge in [0.15, 0.2) is 5.78 Å². The van der Waals surface area contributed by atoms with Gasteiger partial charge in [0.05, 0.1) is 11.7 Å². The molecule has 84 valence electrons. The molecule has 2 aromatic rings. The van der Waals surface area contributed by atoms with Gasteiger partial charge in [-0.1, -0.05) is 15.9 Å². The number of ketones is 1. The molecule has 1 aromatic heterocycles. The van der Waals surface area contributed by atoms with Crippen LogP contribution < -0.4 is 0 Å². The number of halogens is 2. The van der Waals surface area contributed by atoms with E-state index in [0.717, 1.165) is 11.3 Å². The van der Waals surface area contributed by atoms with Crippen LogP contribution in [0, 0.1) is 0 Å². The van der Waals surface area contributed by atoms with Crippen LogP contribution in [-0.2, 0) is 0 Å². The minimum absolute atomic E-state index is 0. The Kier molecular flexibility index (Phi) is 4.89. The highest BCUT2D eigenvalue weighted by atomic mass is 79.9. The van der Waals surface area contributed by atoms with Gasteiger partial charge in [-0.3, -0.25) is 4.79 Å². The van der Waals surface area contributed by atoms with Crippen molar-refractivity contribution in [3.05, 3.63) is 48.5 Å². The molecular weight excluding hydrogens is 336 g/mol. The van der Waals surface area contributed by atoms with E-state index in [-0.39, 0.29) is 22.8 Å². The molecule has 0 N–H and O–H groups in total. The smallest absolute Gasteiger partial charge is 0.173 e. The number of Topliss-reactive ketones (excluding diaryl/α,β-unsaturated/α-hetero) is 1. The first kappa shape index (κ1) is 13.1. The highest BCUT2D eigenvalue weighted by molar-refractivity contribution is 9.09. The van der Waals surface area contributed by atoms with Gasteiger partial charge in [-0.15, -0.1) is 17.0 Å². The van der Waals surface area contributed by atoms with Crippen LogP contribution in [0.5, 0.6) is 0 Å². The molecule has 16 heavy (non-hydrogen) atoms. The third kappa shape index (κ3) is 2.80. The van der Waals surface area contributed by atoms with Crippen molar-refractivity contribution in [3.63, 3.8) is 0 Å². The van der Waals surface area contributed by atoms with E-state index in [9.17, 15) is 4.79 Å². The second-order valence-corrected chi connectivity index (χ2v) is 3.63. The number of aromatic nitrogens is 2. The molecule has 0 saturated carbocycles. The number of benzene rings is 1. The predicted molar refractivity (Wildman–Crippen MR) is 72.0 cm³/mol. The van der Waals surface area contributed by atoms with Crippen molar-refractivity contribution in [1.82, 2.24) is 9.55 Å². The monoisotopic (exact) mass is 344 g/mol. The molecule has 0 aliphatic carbocycles. The maximum atomic E-state index is 11.3. The minimum atomic E-state index is 0. The number of carbonyl (C=O) groups excluding carboxylic acids is 1. The minimum Gasteiger partial charge on any atom is -0.306 e. The van der Waals surface area contributed by atoms with E-state index < -0.39 is 0 Å². The fourth-order valence-electron chi connectivity index (χ4n) is 1.31. The highest BCUT2D eigenvalue weighted by Crippen LogP contribution is 2.10. The summed E-state index contributed by atoms with van der Waals surface area (Å²) < 4.78 is 1.89. The number of alkyl halides is 1. The lowest BCUT2D eigenvalue weighted by Gasteiger charge is -2.02. The molecule has 3 nitrogen and oxygen atoms in total. The topological polar surface area (TPSA) is 34.9 Å². The Morgan fingerprint density at radius 2 is 2.00 bits per heavy atom. The largest absolute Gasteiger partial charge is 0.306 e. The number of imidazole rings is 1. The van der Waals surface area contributed by atoms with Gasteiger partial charge in [-0.2, -0.15) is 0 Å². The Morgan fingerprint density at radius 3 is 2.50 bits per heavy atom. The maximum Gasteiger partial charge on any atom is 0.173 e. The average Bonchev–Trinajstić information content (AvgIpc) is 2.82. The zero-order valence-electron chi connectivity index (χ0n) is 8.34. The molecule has 1 aromatic carbocycles. The molecule has 0 amide bonds. The predicted octanol–water partition coefficient (Wildman–Crippen LogP) is 3.03. The summed E-state index contributed by atoms with van der Waals surface area (Å²) in [6.45, 7) is 0. The quantitative estimate of drug-likeness (QED) is 0.633. The Hall–Kier alpha value is -0.940. The molecule has 1 heterocycles. The van der Waals surface area contributed by atoms with E-state index in [1.165, 1.54) is 0 Å². The fraction of sp³-hybridized carbons (Fsp3) is 0.0909. The Labute approximate surface area is 112 Å². The second kappa shape index (κ2) is 5.96. The van der Waals surface area contributed by atoms with Crippen molar-refractivity contribution in [3.8, 4) is 5.69 Å². The maximum absolute atomic E-state index is 11.3. The molecule has 0 fully saturated rings. The van der Waals surface area contributed by atoms with Gasteiger partial charge in [-0.25, -0.2) is 4.98 Å². The van der Waals surface area contributed by atoms with Gasteiger partial charge >= 0.3 is 0 Å². The number of carbonyl (C=O) groups is 1. The first-order valence-corrected chi connectivity index (χ1v) is 5.61. The molecule has 0 saturated heterocycles. The molecule has 5 heteroatoms. The molecular formula is C11H10Br2N2O. The molecule has 2 rings (SSSR count). The highest BCUT2D eigenvalue weighted by Gasteiger charge is 2.03. The summed E-state index contributed by atoms with van der Waals surface area (Å²) in [6.07, 6.45) is 5.31. The lowest BCUT2D eigenvalue weighted by molar-refractivity contribution is 0.102. The lowest BCUT2D eigenvalue weighted by Crippen LogP contribution is -2.00. The third-order valence-corrected chi connectivity index (χ3v) is 2.62. The number of hydrogen-bond donors (Lipinski definition) is 0. The zero-order valence-corrected chi connectivity index (χ0v) is 11.6. The van der Waals surface area contributed by atoms with E-state index in [4.69, 9.17) is 0 Å². The van der Waals surface area contributed by atoms with E-state index in [1.807, 2.05) is 35.0 Å². The summed E-state index contributed by atoms with van der Waals surface area (Å²) >= 11 is 3.14. The summed E-state index contributed by atoms with van der Waals surface area (Å²) in [5, 5.41) is 0.359. The molecule has 0 radical (unpaired) electrons. The van der Waals surface area contributed by atoms with Gasteiger partial charge in [0.2, 0.25) is 0 Å². The number of hydrogen-bond acceptors (Lipinski definition) is 2. The summed E-state index contributed by atoms with van der Waals surface area (Å²) in [5.74, 6) is 0.0900. The summed E-state index contributed by atoms with van der Waals surface area (Å²) in [5.41, 5.74) is 1.72. The van der Waals surface area contributed by atoms with Crippen molar-refractivity contribution >= 4 is 38.7 Å². The Bertz CT molecular complexity index is 451. The van der Waals surface area contributed by atoms with Crippen LogP contribution >= 0.6 is 32.9 Å². The SMILES string of the molecule is Br.O=C(CBr)c1ccc(-n2ccnc2)cc1. The van der Waals surface area contributed by atoms with Crippen LogP contribution in [-0.4, -0.2) is 20.7 Å². The summed E-state index contributed by atoms with van der Waals surface area (Å²) in [4.78, 5) is 15.3. The van der Waals surface area contributed by atoms with Crippen LogP contribution in [0.4, 0.5) is 0 Å². The first-order chi connectivity index (χ1) is 7.31. The number of rotatable bonds is 3. The fourth-order valence-corrected chi connectivity index (χ4v) is 1.63.